The fourth-order valence-electron chi connectivity index (χ4n) is 2.38. The highest BCUT2D eigenvalue weighted by atomic mass is 32.2. The first-order chi connectivity index (χ1) is 9.20. The van der Waals surface area contributed by atoms with Crippen molar-refractivity contribution in [3.63, 3.8) is 0 Å². The van der Waals surface area contributed by atoms with Crippen LogP contribution < -0.4 is 5.14 Å². The van der Waals surface area contributed by atoms with Gasteiger partial charge in [0.2, 0.25) is 10.0 Å². The van der Waals surface area contributed by atoms with E-state index in [1.807, 2.05) is 13.8 Å². The van der Waals surface area contributed by atoms with Crippen LogP contribution >= 0.6 is 0 Å². The van der Waals surface area contributed by atoms with Crippen molar-refractivity contribution in [3.8, 4) is 0 Å². The van der Waals surface area contributed by atoms with Gasteiger partial charge >= 0.3 is 0 Å². The molecule has 0 spiro atoms. The first kappa shape index (κ1) is 14.7. The molecule has 0 aliphatic rings. The molecule has 2 rings (SSSR count). The van der Waals surface area contributed by atoms with Gasteiger partial charge in [-0.05, 0) is 38.8 Å². The third kappa shape index (κ3) is 2.76. The fourth-order valence-corrected chi connectivity index (χ4v) is 3.35. The average molecular weight is 293 g/mol. The smallest absolute Gasteiger partial charge is 0.241 e. The minimum absolute atomic E-state index is 0.128. The Morgan fingerprint density at radius 2 is 1.85 bits per heavy atom. The van der Waals surface area contributed by atoms with Gasteiger partial charge in [0.05, 0.1) is 17.9 Å². The zero-order chi connectivity index (χ0) is 15.1. The number of aromatic nitrogens is 2. The third-order valence-corrected chi connectivity index (χ3v) is 4.58. The Bertz CT molecular complexity index is 761. The lowest BCUT2D eigenvalue weighted by molar-refractivity contribution is 0.595. The van der Waals surface area contributed by atoms with Gasteiger partial charge in [-0.3, -0.25) is 4.68 Å². The summed E-state index contributed by atoms with van der Waals surface area (Å²) in [5, 5.41) is 9.54. The topological polar surface area (TPSA) is 78.0 Å². The van der Waals surface area contributed by atoms with Gasteiger partial charge in [0, 0.05) is 0 Å². The first-order valence-corrected chi connectivity index (χ1v) is 7.87. The SMILES string of the molecule is Cc1ccc(C)c(Cn2nc(C)c(S(N)(=O)=O)c2C)c1. The second-order valence-electron chi connectivity index (χ2n) is 5.13. The van der Waals surface area contributed by atoms with Crippen LogP contribution in [0.15, 0.2) is 23.1 Å². The van der Waals surface area contributed by atoms with E-state index in [4.69, 9.17) is 5.14 Å². The summed E-state index contributed by atoms with van der Waals surface area (Å²) in [5.41, 5.74) is 4.46. The molecule has 0 aliphatic carbocycles. The second kappa shape index (κ2) is 5.03. The van der Waals surface area contributed by atoms with Crippen molar-refractivity contribution in [1.82, 2.24) is 9.78 Å². The van der Waals surface area contributed by atoms with Crippen molar-refractivity contribution in [2.24, 2.45) is 5.14 Å². The van der Waals surface area contributed by atoms with E-state index in [-0.39, 0.29) is 4.90 Å². The van der Waals surface area contributed by atoms with Crippen molar-refractivity contribution < 1.29 is 8.42 Å². The third-order valence-electron chi connectivity index (χ3n) is 3.42. The molecule has 2 N–H and O–H groups in total. The van der Waals surface area contributed by atoms with Crippen molar-refractivity contribution in [3.05, 3.63) is 46.3 Å². The van der Waals surface area contributed by atoms with Gasteiger partial charge in [-0.2, -0.15) is 5.10 Å². The van der Waals surface area contributed by atoms with E-state index in [0.717, 1.165) is 11.1 Å². The molecule has 0 atom stereocenters. The predicted octanol–water partition coefficient (Wildman–Crippen LogP) is 1.81. The standard InChI is InChI=1S/C14H19N3O2S/c1-9-5-6-10(2)13(7-9)8-17-12(4)14(11(3)16-17)20(15,18)19/h5-7H,8H2,1-4H3,(H2,15,18,19). The number of benzene rings is 1. The van der Waals surface area contributed by atoms with Gasteiger partial charge in [-0.1, -0.05) is 23.8 Å². The number of sulfonamides is 1. The van der Waals surface area contributed by atoms with Crippen LogP contribution in [-0.2, 0) is 16.6 Å². The van der Waals surface area contributed by atoms with E-state index >= 15 is 0 Å². The molecular formula is C14H19N3O2S. The predicted molar refractivity (Wildman–Crippen MR) is 78.1 cm³/mol. The minimum atomic E-state index is -3.74. The van der Waals surface area contributed by atoms with Crippen LogP contribution in [0.4, 0.5) is 0 Å². The molecule has 0 unspecified atom stereocenters. The first-order valence-electron chi connectivity index (χ1n) is 6.33. The van der Waals surface area contributed by atoms with E-state index in [1.54, 1.807) is 18.5 Å². The monoisotopic (exact) mass is 293 g/mol. The fraction of sp³-hybridized carbons (Fsp3) is 0.357. The van der Waals surface area contributed by atoms with Crippen LogP contribution in [0, 0.1) is 27.7 Å². The molecule has 1 aromatic heterocycles. The molecule has 0 saturated heterocycles. The molecule has 1 heterocycles. The van der Waals surface area contributed by atoms with Crippen molar-refractivity contribution >= 4 is 10.0 Å². The largest absolute Gasteiger partial charge is 0.264 e. The normalized spacial score (nSPS) is 11.8. The zero-order valence-electron chi connectivity index (χ0n) is 12.1. The number of nitrogens with two attached hydrogens (primary N) is 1. The van der Waals surface area contributed by atoms with Gasteiger partial charge in [0.25, 0.3) is 0 Å². The lowest BCUT2D eigenvalue weighted by Gasteiger charge is -2.09. The summed E-state index contributed by atoms with van der Waals surface area (Å²) in [7, 11) is -3.74. The number of nitrogens with zero attached hydrogens (tertiary/aromatic N) is 2. The lowest BCUT2D eigenvalue weighted by Crippen LogP contribution is -2.14. The highest BCUT2D eigenvalue weighted by Gasteiger charge is 2.21. The average Bonchev–Trinajstić information content (AvgIpc) is 2.58. The minimum Gasteiger partial charge on any atom is -0.264 e. The Morgan fingerprint density at radius 3 is 2.40 bits per heavy atom. The molecule has 0 amide bonds. The zero-order valence-corrected chi connectivity index (χ0v) is 13.0. The maximum absolute atomic E-state index is 11.6. The number of hydrogen-bond donors (Lipinski definition) is 1. The number of rotatable bonds is 3. The Morgan fingerprint density at radius 1 is 1.20 bits per heavy atom. The molecular weight excluding hydrogens is 274 g/mol. The molecule has 20 heavy (non-hydrogen) atoms. The highest BCUT2D eigenvalue weighted by molar-refractivity contribution is 7.89. The van der Waals surface area contributed by atoms with Gasteiger partial charge in [0.1, 0.15) is 4.90 Å². The quantitative estimate of drug-likeness (QED) is 0.937. The second-order valence-corrected chi connectivity index (χ2v) is 6.63. The van der Waals surface area contributed by atoms with Crippen LogP contribution in [-0.4, -0.2) is 18.2 Å². The molecule has 1 aromatic carbocycles. The molecule has 0 aliphatic heterocycles. The highest BCUT2D eigenvalue weighted by Crippen LogP contribution is 2.20. The molecule has 0 bridgehead atoms. The van der Waals surface area contributed by atoms with Crippen LogP contribution in [0.2, 0.25) is 0 Å². The van der Waals surface area contributed by atoms with E-state index in [2.05, 4.69) is 23.3 Å². The summed E-state index contributed by atoms with van der Waals surface area (Å²) < 4.78 is 24.9. The maximum atomic E-state index is 11.6. The molecule has 0 saturated carbocycles. The Hall–Kier alpha value is -1.66. The van der Waals surface area contributed by atoms with Gasteiger partial charge < -0.3 is 0 Å². The van der Waals surface area contributed by atoms with Crippen molar-refractivity contribution in [2.45, 2.75) is 39.1 Å². The van der Waals surface area contributed by atoms with E-state index in [9.17, 15) is 8.42 Å². The molecule has 108 valence electrons. The van der Waals surface area contributed by atoms with Crippen LogP contribution in [0.1, 0.15) is 28.1 Å². The van der Waals surface area contributed by atoms with Crippen molar-refractivity contribution in [2.75, 3.05) is 0 Å². The van der Waals surface area contributed by atoms with Gasteiger partial charge in [0.15, 0.2) is 0 Å². The summed E-state index contributed by atoms with van der Waals surface area (Å²) in [6.45, 7) is 7.98. The molecule has 6 heteroatoms. The van der Waals surface area contributed by atoms with Gasteiger partial charge in [-0.25, -0.2) is 13.6 Å². The number of primary sulfonamides is 1. The molecule has 0 radical (unpaired) electrons. The van der Waals surface area contributed by atoms with Crippen molar-refractivity contribution in [1.29, 1.82) is 0 Å². The Kier molecular flexibility index (Phi) is 3.71. The lowest BCUT2D eigenvalue weighted by atomic mass is 10.1. The Labute approximate surface area is 119 Å². The maximum Gasteiger partial charge on any atom is 0.241 e. The number of hydrogen-bond acceptors (Lipinski definition) is 3. The summed E-state index contributed by atoms with van der Waals surface area (Å²) in [4.78, 5) is 0.128. The molecule has 5 nitrogen and oxygen atoms in total. The summed E-state index contributed by atoms with van der Waals surface area (Å²) in [6, 6.07) is 6.19. The summed E-state index contributed by atoms with van der Waals surface area (Å²) in [6.07, 6.45) is 0. The van der Waals surface area contributed by atoms with E-state index < -0.39 is 10.0 Å². The van der Waals surface area contributed by atoms with Gasteiger partial charge in [-0.15, -0.1) is 0 Å². The van der Waals surface area contributed by atoms with E-state index in [1.165, 1.54) is 5.56 Å². The number of aryl methyl sites for hydroxylation is 3. The summed E-state index contributed by atoms with van der Waals surface area (Å²) in [5.74, 6) is 0. The Balaban J connectivity index is 2.48. The van der Waals surface area contributed by atoms with Crippen LogP contribution in [0.5, 0.6) is 0 Å². The van der Waals surface area contributed by atoms with Crippen LogP contribution in [0.3, 0.4) is 0 Å². The van der Waals surface area contributed by atoms with E-state index in [0.29, 0.717) is 17.9 Å². The summed E-state index contributed by atoms with van der Waals surface area (Å²) >= 11 is 0. The van der Waals surface area contributed by atoms with Crippen LogP contribution in [0.25, 0.3) is 0 Å². The molecule has 0 fully saturated rings. The molecule has 2 aromatic rings.